The van der Waals surface area contributed by atoms with Gasteiger partial charge in [-0.05, 0) is 57.2 Å². The molecule has 0 bridgehead atoms. The Balaban J connectivity index is 1.28. The largest absolute Gasteiger partial charge is 0.381 e. The predicted molar refractivity (Wildman–Crippen MR) is 98.8 cm³/mol. The number of rotatable bonds is 5. The van der Waals surface area contributed by atoms with Crippen molar-refractivity contribution < 1.29 is 9.53 Å². The fourth-order valence-electron chi connectivity index (χ4n) is 4.91. The van der Waals surface area contributed by atoms with Crippen LogP contribution in [-0.4, -0.2) is 71.3 Å². The molecule has 1 aromatic heterocycles. The van der Waals surface area contributed by atoms with Crippen LogP contribution < -0.4 is 0 Å². The van der Waals surface area contributed by atoms with Crippen LogP contribution in [0.2, 0.25) is 0 Å². The predicted octanol–water partition coefficient (Wildman–Crippen LogP) is 2.22. The molecule has 1 aliphatic carbocycles. The van der Waals surface area contributed by atoms with Crippen LogP contribution in [0.4, 0.5) is 0 Å². The molecule has 1 amide bonds. The molecule has 0 radical (unpaired) electrons. The molecule has 6 heteroatoms. The second-order valence-electron chi connectivity index (χ2n) is 8.48. The van der Waals surface area contributed by atoms with Gasteiger partial charge in [-0.15, -0.1) is 0 Å². The number of nitrogens with zero attached hydrogens (tertiary/aromatic N) is 4. The van der Waals surface area contributed by atoms with Crippen molar-refractivity contribution in [3.63, 3.8) is 0 Å². The van der Waals surface area contributed by atoms with Gasteiger partial charge in [0.15, 0.2) is 0 Å². The molecule has 0 aromatic carbocycles. The van der Waals surface area contributed by atoms with Gasteiger partial charge in [0.05, 0.1) is 23.5 Å². The Morgan fingerprint density at radius 1 is 1.19 bits per heavy atom. The van der Waals surface area contributed by atoms with E-state index in [4.69, 9.17) is 4.74 Å². The van der Waals surface area contributed by atoms with Crippen molar-refractivity contribution in [1.29, 1.82) is 0 Å². The first-order valence-electron chi connectivity index (χ1n) is 10.0. The van der Waals surface area contributed by atoms with Crippen LogP contribution in [0, 0.1) is 11.8 Å². The Morgan fingerprint density at radius 3 is 2.69 bits per heavy atom. The quantitative estimate of drug-likeness (QED) is 0.808. The zero-order chi connectivity index (χ0) is 18.0. The average Bonchev–Trinajstić information content (AvgIpc) is 3.15. The van der Waals surface area contributed by atoms with Crippen LogP contribution >= 0.6 is 0 Å². The number of carbonyl (C=O) groups excluding carboxylic acids is 1. The van der Waals surface area contributed by atoms with Crippen LogP contribution in [-0.2, 0) is 4.74 Å². The van der Waals surface area contributed by atoms with E-state index in [0.29, 0.717) is 11.5 Å². The second-order valence-corrected chi connectivity index (χ2v) is 8.48. The molecule has 2 aliphatic heterocycles. The zero-order valence-corrected chi connectivity index (χ0v) is 15.8. The van der Waals surface area contributed by atoms with Crippen LogP contribution in [0.3, 0.4) is 0 Å². The van der Waals surface area contributed by atoms with Crippen LogP contribution in [0.25, 0.3) is 0 Å². The number of aromatic nitrogens is 2. The third-order valence-electron chi connectivity index (χ3n) is 6.62. The lowest BCUT2D eigenvalue weighted by Gasteiger charge is -2.58. The Labute approximate surface area is 155 Å². The second kappa shape index (κ2) is 7.61. The van der Waals surface area contributed by atoms with Crippen molar-refractivity contribution in [2.45, 2.75) is 44.1 Å². The molecular formula is C20H30N4O2. The molecule has 1 aromatic rings. The van der Waals surface area contributed by atoms with Crippen LogP contribution in [0.1, 0.15) is 48.9 Å². The van der Waals surface area contributed by atoms with E-state index in [1.807, 2.05) is 4.90 Å². The maximum Gasteiger partial charge on any atom is 0.255 e. The van der Waals surface area contributed by atoms with Gasteiger partial charge >= 0.3 is 0 Å². The lowest BCUT2D eigenvalue weighted by atomic mass is 9.75. The standard InChI is InChI=1S/C20H30N4O2/c1-23-9-7-17(13-26-12-16-4-2-3-5-16)10-20(23)14-24(15-20)19(25)18-6-8-21-22-11-18/h6,8,11,16-17H,2-5,7,9-10,12-15H2,1H3/t17-/m0/s1. The summed E-state index contributed by atoms with van der Waals surface area (Å²) in [6.45, 7) is 4.54. The molecule has 0 unspecified atom stereocenters. The number of likely N-dealkylation sites (tertiary alicyclic amines) is 2. The Kier molecular flexibility index (Phi) is 5.23. The zero-order valence-electron chi connectivity index (χ0n) is 15.8. The van der Waals surface area contributed by atoms with Gasteiger partial charge in [-0.2, -0.15) is 10.2 Å². The molecule has 1 atom stereocenters. The maximum absolute atomic E-state index is 12.6. The van der Waals surface area contributed by atoms with Crippen molar-refractivity contribution in [3.05, 3.63) is 24.0 Å². The summed E-state index contributed by atoms with van der Waals surface area (Å²) in [6.07, 6.45) is 10.9. The average molecular weight is 358 g/mol. The lowest BCUT2D eigenvalue weighted by Crippen LogP contribution is -2.72. The van der Waals surface area contributed by atoms with Gasteiger partial charge in [-0.3, -0.25) is 9.69 Å². The molecule has 1 saturated carbocycles. The summed E-state index contributed by atoms with van der Waals surface area (Å²) in [7, 11) is 2.20. The third-order valence-corrected chi connectivity index (χ3v) is 6.62. The van der Waals surface area contributed by atoms with Gasteiger partial charge in [0.2, 0.25) is 0 Å². The monoisotopic (exact) mass is 358 g/mol. The third kappa shape index (κ3) is 3.62. The van der Waals surface area contributed by atoms with Crippen molar-refractivity contribution in [2.24, 2.45) is 11.8 Å². The molecule has 2 saturated heterocycles. The molecule has 4 rings (SSSR count). The summed E-state index contributed by atoms with van der Waals surface area (Å²) in [4.78, 5) is 17.0. The van der Waals surface area contributed by atoms with Crippen LogP contribution in [0.15, 0.2) is 18.5 Å². The number of hydrogen-bond donors (Lipinski definition) is 0. The summed E-state index contributed by atoms with van der Waals surface area (Å²) in [6, 6.07) is 1.74. The molecule has 3 aliphatic rings. The van der Waals surface area contributed by atoms with E-state index in [-0.39, 0.29) is 11.4 Å². The smallest absolute Gasteiger partial charge is 0.255 e. The van der Waals surface area contributed by atoms with E-state index in [1.54, 1.807) is 18.5 Å². The maximum atomic E-state index is 12.6. The molecular weight excluding hydrogens is 328 g/mol. The SMILES string of the molecule is CN1CC[C@H](COCC2CCCC2)CC12CN(C(=O)c1ccnnc1)C2. The number of ether oxygens (including phenoxy) is 1. The summed E-state index contributed by atoms with van der Waals surface area (Å²) >= 11 is 0. The van der Waals surface area contributed by atoms with Gasteiger partial charge < -0.3 is 9.64 Å². The first-order chi connectivity index (χ1) is 12.7. The molecule has 142 valence electrons. The topological polar surface area (TPSA) is 58.6 Å². The van der Waals surface area contributed by atoms with Gasteiger partial charge in [0, 0.05) is 26.3 Å². The highest BCUT2D eigenvalue weighted by atomic mass is 16.5. The van der Waals surface area contributed by atoms with E-state index >= 15 is 0 Å². The van der Waals surface area contributed by atoms with E-state index in [0.717, 1.165) is 45.2 Å². The van der Waals surface area contributed by atoms with Crippen LogP contribution in [0.5, 0.6) is 0 Å². The molecule has 6 nitrogen and oxygen atoms in total. The minimum atomic E-state index is 0.0681. The highest BCUT2D eigenvalue weighted by Crippen LogP contribution is 2.39. The Morgan fingerprint density at radius 2 is 1.96 bits per heavy atom. The molecule has 3 heterocycles. The number of likely N-dealkylation sites (N-methyl/N-ethyl adjacent to an activating group) is 1. The Hall–Kier alpha value is -1.53. The van der Waals surface area contributed by atoms with E-state index in [9.17, 15) is 4.79 Å². The minimum absolute atomic E-state index is 0.0681. The first-order valence-corrected chi connectivity index (χ1v) is 10.0. The number of amides is 1. The van der Waals surface area contributed by atoms with Crippen molar-refractivity contribution in [2.75, 3.05) is 39.9 Å². The normalized spacial score (nSPS) is 26.2. The Bertz CT molecular complexity index is 611. The number of hydrogen-bond acceptors (Lipinski definition) is 5. The summed E-state index contributed by atoms with van der Waals surface area (Å²) < 4.78 is 6.08. The highest BCUT2D eigenvalue weighted by molar-refractivity contribution is 5.94. The number of piperidine rings is 1. The van der Waals surface area contributed by atoms with Gasteiger partial charge in [-0.1, -0.05) is 12.8 Å². The summed E-state index contributed by atoms with van der Waals surface area (Å²) in [5.74, 6) is 1.48. The van der Waals surface area contributed by atoms with Crippen molar-refractivity contribution >= 4 is 5.91 Å². The van der Waals surface area contributed by atoms with Gasteiger partial charge in [-0.25, -0.2) is 0 Å². The van der Waals surface area contributed by atoms with E-state index < -0.39 is 0 Å². The molecule has 26 heavy (non-hydrogen) atoms. The molecule has 0 N–H and O–H groups in total. The van der Waals surface area contributed by atoms with Crippen molar-refractivity contribution in [1.82, 2.24) is 20.0 Å². The van der Waals surface area contributed by atoms with Gasteiger partial charge in [0.25, 0.3) is 5.91 Å². The van der Waals surface area contributed by atoms with Crippen molar-refractivity contribution in [3.8, 4) is 0 Å². The molecule has 3 fully saturated rings. The minimum Gasteiger partial charge on any atom is -0.381 e. The lowest BCUT2D eigenvalue weighted by molar-refractivity contribution is -0.0771. The fraction of sp³-hybridized carbons (Fsp3) is 0.750. The van der Waals surface area contributed by atoms with Gasteiger partial charge in [0.1, 0.15) is 0 Å². The number of carbonyl (C=O) groups is 1. The molecule has 1 spiro atoms. The first kappa shape index (κ1) is 17.9. The fourth-order valence-corrected chi connectivity index (χ4v) is 4.91. The summed E-state index contributed by atoms with van der Waals surface area (Å²) in [5, 5.41) is 7.57. The van der Waals surface area contributed by atoms with E-state index in [1.165, 1.54) is 32.1 Å². The highest BCUT2D eigenvalue weighted by Gasteiger charge is 2.51. The summed E-state index contributed by atoms with van der Waals surface area (Å²) in [5.41, 5.74) is 0.764. The van der Waals surface area contributed by atoms with E-state index in [2.05, 4.69) is 22.1 Å².